The number of hydrogen-bond donors (Lipinski definition) is 1. The summed E-state index contributed by atoms with van der Waals surface area (Å²) < 4.78 is 5.68. The highest BCUT2D eigenvalue weighted by Gasteiger charge is 2.47. The van der Waals surface area contributed by atoms with E-state index in [-0.39, 0.29) is 10.8 Å². The van der Waals surface area contributed by atoms with Gasteiger partial charge in [0.05, 0.1) is 18.9 Å². The zero-order chi connectivity index (χ0) is 22.2. The third-order valence-corrected chi connectivity index (χ3v) is 8.20. The van der Waals surface area contributed by atoms with Crippen molar-refractivity contribution < 1.29 is 9.84 Å². The molecular weight excluding hydrogens is 398 g/mol. The zero-order valence-electron chi connectivity index (χ0n) is 19.9. The Morgan fingerprint density at radius 3 is 2.53 bits per heavy atom. The molecule has 0 aromatic heterocycles. The highest BCUT2D eigenvalue weighted by atomic mass is 16.5. The zero-order valence-corrected chi connectivity index (χ0v) is 19.9. The van der Waals surface area contributed by atoms with Crippen molar-refractivity contribution in [1.29, 1.82) is 0 Å². The molecule has 0 atom stereocenters. The summed E-state index contributed by atoms with van der Waals surface area (Å²) in [5.41, 5.74) is 5.91. The van der Waals surface area contributed by atoms with Crippen molar-refractivity contribution in [2.24, 2.45) is 4.99 Å². The fourth-order valence-corrected chi connectivity index (χ4v) is 5.86. The molecule has 0 bridgehead atoms. The van der Waals surface area contributed by atoms with E-state index in [1.54, 1.807) is 0 Å². The van der Waals surface area contributed by atoms with Crippen LogP contribution in [0.1, 0.15) is 69.1 Å². The lowest BCUT2D eigenvalue weighted by atomic mass is 9.60. The van der Waals surface area contributed by atoms with E-state index in [0.717, 1.165) is 70.9 Å². The third-order valence-electron chi connectivity index (χ3n) is 8.20. The number of unbranched alkanes of at least 4 members (excludes halogenated alkanes) is 2. The van der Waals surface area contributed by atoms with Crippen molar-refractivity contribution in [3.63, 3.8) is 0 Å². The first-order valence-electron chi connectivity index (χ1n) is 12.6. The van der Waals surface area contributed by atoms with E-state index in [1.165, 1.54) is 41.8 Å². The Labute approximate surface area is 193 Å². The lowest BCUT2D eigenvalue weighted by Gasteiger charge is -2.50. The minimum absolute atomic E-state index is 0.236. The van der Waals surface area contributed by atoms with Gasteiger partial charge in [0.2, 0.25) is 0 Å². The number of amidine groups is 1. The Bertz CT molecular complexity index is 892. The van der Waals surface area contributed by atoms with Gasteiger partial charge in [-0.05, 0) is 61.3 Å². The van der Waals surface area contributed by atoms with Crippen LogP contribution < -0.4 is 0 Å². The topological polar surface area (TPSA) is 48.3 Å². The monoisotopic (exact) mass is 437 g/mol. The minimum atomic E-state index is 0.236. The maximum atomic E-state index is 8.94. The van der Waals surface area contributed by atoms with E-state index in [1.807, 2.05) is 0 Å². The summed E-state index contributed by atoms with van der Waals surface area (Å²) in [6.45, 7) is 12.4. The number of nitrogens with zero attached hydrogens (tertiary/aromatic N) is 3. The number of hydrogen-bond acceptors (Lipinski definition) is 5. The van der Waals surface area contributed by atoms with Crippen LogP contribution in [0.5, 0.6) is 0 Å². The SMILES string of the molecule is CC1(C)CCC2(COC2)c2cc(C3=CCC(N4CCN(CCCCCO)CC4)=N3)ccc21. The first-order chi connectivity index (χ1) is 15.5. The molecule has 3 heterocycles. The molecule has 0 amide bonds. The van der Waals surface area contributed by atoms with Crippen LogP contribution in [0, 0.1) is 0 Å². The number of aliphatic hydroxyl groups excluding tert-OH is 1. The average Bonchev–Trinajstić information content (AvgIpc) is 3.26. The standard InChI is InChI=1S/C27H39N3O2/c1-26(2)10-11-27(19-32-20-27)23-18-21(6-7-22(23)26)24-8-9-25(28-24)30-15-13-29(14-16-30)12-4-3-5-17-31/h6-8,18,31H,3-5,9-17,19-20H2,1-2H3. The smallest absolute Gasteiger partial charge is 0.109 e. The normalized spacial score (nSPS) is 24.2. The van der Waals surface area contributed by atoms with Crippen molar-refractivity contribution >= 4 is 11.5 Å². The number of fused-ring (bicyclic) bond motifs is 2. The lowest BCUT2D eigenvalue weighted by Crippen LogP contribution is -2.51. The number of rotatable bonds is 6. The van der Waals surface area contributed by atoms with Gasteiger partial charge in [-0.1, -0.05) is 32.1 Å². The Kier molecular flexibility index (Phi) is 6.17. The molecule has 0 unspecified atom stereocenters. The van der Waals surface area contributed by atoms with Gasteiger partial charge in [0.15, 0.2) is 0 Å². The second kappa shape index (κ2) is 8.92. The number of benzene rings is 1. The average molecular weight is 438 g/mol. The fraction of sp³-hybridized carbons (Fsp3) is 0.667. The van der Waals surface area contributed by atoms with Gasteiger partial charge in [0, 0.05) is 50.2 Å². The quantitative estimate of drug-likeness (QED) is 0.685. The van der Waals surface area contributed by atoms with Crippen LogP contribution >= 0.6 is 0 Å². The number of aliphatic hydroxyl groups is 1. The molecule has 1 aromatic rings. The number of ether oxygens (including phenoxy) is 1. The number of aliphatic imine (C=N–C) groups is 1. The second-order valence-electron chi connectivity index (χ2n) is 10.9. The van der Waals surface area contributed by atoms with Crippen molar-refractivity contribution in [3.8, 4) is 0 Å². The van der Waals surface area contributed by atoms with Crippen LogP contribution in [0.25, 0.3) is 5.70 Å². The summed E-state index contributed by atoms with van der Waals surface area (Å²) in [5.74, 6) is 1.24. The molecule has 32 heavy (non-hydrogen) atoms. The van der Waals surface area contributed by atoms with Crippen LogP contribution in [-0.2, 0) is 15.6 Å². The summed E-state index contributed by atoms with van der Waals surface area (Å²) in [7, 11) is 0. The van der Waals surface area contributed by atoms with Gasteiger partial charge in [-0.15, -0.1) is 0 Å². The van der Waals surface area contributed by atoms with Gasteiger partial charge in [-0.25, -0.2) is 4.99 Å². The first kappa shape index (κ1) is 22.1. The van der Waals surface area contributed by atoms with Crippen molar-refractivity contribution in [3.05, 3.63) is 41.0 Å². The number of piperazine rings is 1. The fourth-order valence-electron chi connectivity index (χ4n) is 5.86. The molecule has 3 aliphatic heterocycles. The van der Waals surface area contributed by atoms with E-state index >= 15 is 0 Å². The molecule has 4 aliphatic rings. The Morgan fingerprint density at radius 2 is 1.81 bits per heavy atom. The Hall–Kier alpha value is -1.69. The minimum Gasteiger partial charge on any atom is -0.396 e. The molecule has 1 N–H and O–H groups in total. The van der Waals surface area contributed by atoms with Crippen LogP contribution in [0.2, 0.25) is 0 Å². The molecular formula is C27H39N3O2. The lowest BCUT2D eigenvalue weighted by molar-refractivity contribution is -0.0722. The summed E-state index contributed by atoms with van der Waals surface area (Å²) in [5, 5.41) is 8.94. The molecule has 1 spiro atoms. The van der Waals surface area contributed by atoms with Gasteiger partial charge in [0.25, 0.3) is 0 Å². The summed E-state index contributed by atoms with van der Waals surface area (Å²) in [6, 6.07) is 7.09. The summed E-state index contributed by atoms with van der Waals surface area (Å²) >= 11 is 0. The van der Waals surface area contributed by atoms with Crippen molar-refractivity contribution in [1.82, 2.24) is 9.80 Å². The molecule has 5 nitrogen and oxygen atoms in total. The van der Waals surface area contributed by atoms with Crippen LogP contribution in [0.15, 0.2) is 29.3 Å². The van der Waals surface area contributed by atoms with Crippen LogP contribution in [0.3, 0.4) is 0 Å². The van der Waals surface area contributed by atoms with E-state index in [9.17, 15) is 0 Å². The van der Waals surface area contributed by atoms with Gasteiger partial charge in [0.1, 0.15) is 5.84 Å². The van der Waals surface area contributed by atoms with E-state index in [2.05, 4.69) is 47.9 Å². The highest BCUT2D eigenvalue weighted by Crippen LogP contribution is 2.50. The second-order valence-corrected chi connectivity index (χ2v) is 10.9. The van der Waals surface area contributed by atoms with Gasteiger partial charge >= 0.3 is 0 Å². The van der Waals surface area contributed by atoms with Crippen LogP contribution in [-0.4, -0.2) is 73.3 Å². The largest absolute Gasteiger partial charge is 0.396 e. The molecule has 1 aliphatic carbocycles. The van der Waals surface area contributed by atoms with Gasteiger partial charge in [-0.3, -0.25) is 4.90 Å². The summed E-state index contributed by atoms with van der Waals surface area (Å²) in [6.07, 6.45) is 8.98. The van der Waals surface area contributed by atoms with Crippen molar-refractivity contribution in [2.45, 2.75) is 63.2 Å². The Balaban J connectivity index is 1.25. The van der Waals surface area contributed by atoms with Crippen LogP contribution in [0.4, 0.5) is 0 Å². The maximum absolute atomic E-state index is 8.94. The summed E-state index contributed by atoms with van der Waals surface area (Å²) in [4.78, 5) is 10.1. The van der Waals surface area contributed by atoms with Crippen molar-refractivity contribution in [2.75, 3.05) is 52.5 Å². The van der Waals surface area contributed by atoms with E-state index in [4.69, 9.17) is 14.8 Å². The molecule has 5 rings (SSSR count). The third kappa shape index (κ3) is 4.15. The highest BCUT2D eigenvalue weighted by molar-refractivity contribution is 5.94. The van der Waals surface area contributed by atoms with E-state index in [0.29, 0.717) is 6.61 Å². The van der Waals surface area contributed by atoms with E-state index < -0.39 is 0 Å². The van der Waals surface area contributed by atoms with Gasteiger partial charge < -0.3 is 14.7 Å². The molecule has 174 valence electrons. The first-order valence-corrected chi connectivity index (χ1v) is 12.6. The molecule has 5 heteroatoms. The molecule has 2 fully saturated rings. The Morgan fingerprint density at radius 1 is 1.00 bits per heavy atom. The predicted octanol–water partition coefficient (Wildman–Crippen LogP) is 3.95. The molecule has 0 radical (unpaired) electrons. The molecule has 0 saturated carbocycles. The van der Waals surface area contributed by atoms with Gasteiger partial charge in [-0.2, -0.15) is 0 Å². The maximum Gasteiger partial charge on any atom is 0.109 e. The molecule has 1 aromatic carbocycles. The predicted molar refractivity (Wildman–Crippen MR) is 130 cm³/mol. The molecule has 2 saturated heterocycles.